The second-order valence-corrected chi connectivity index (χ2v) is 11.3. The van der Waals surface area contributed by atoms with Gasteiger partial charge in [-0.1, -0.05) is 0 Å². The van der Waals surface area contributed by atoms with Crippen LogP contribution in [0.4, 0.5) is 0 Å². The third-order valence-electron chi connectivity index (χ3n) is 6.71. The molecule has 10 nitrogen and oxygen atoms in total. The van der Waals surface area contributed by atoms with Gasteiger partial charge in [0.2, 0.25) is 0 Å². The highest BCUT2D eigenvalue weighted by Gasteiger charge is 2.36. The lowest BCUT2D eigenvalue weighted by molar-refractivity contribution is -0.141. The molecule has 5 rings (SSSR count). The number of nitrogens with zero attached hydrogens (tertiary/aromatic N) is 4. The van der Waals surface area contributed by atoms with Crippen LogP contribution in [-0.4, -0.2) is 71.2 Å². The van der Waals surface area contributed by atoms with Gasteiger partial charge < -0.3 is 14.8 Å². The summed E-state index contributed by atoms with van der Waals surface area (Å²) in [6.45, 7) is 2.47. The number of sulfone groups is 1. The smallest absolute Gasteiger partial charge is 0.321 e. The largest absolute Gasteiger partial charge is 0.485 e. The molecule has 0 radical (unpaired) electrons. The summed E-state index contributed by atoms with van der Waals surface area (Å²) >= 11 is 0. The quantitative estimate of drug-likeness (QED) is 0.406. The minimum absolute atomic E-state index is 0.195. The summed E-state index contributed by atoms with van der Waals surface area (Å²) in [5.74, 6) is -0.611. The van der Waals surface area contributed by atoms with E-state index in [9.17, 15) is 23.6 Å². The number of aromatic nitrogens is 3. The Hall–Kier alpha value is -3.88. The fourth-order valence-electron chi connectivity index (χ4n) is 4.98. The number of ether oxygens (including phenoxy) is 1. The third-order valence-corrected chi connectivity index (χ3v) is 7.87. The number of H-pyrrole nitrogens is 1. The Bertz CT molecular complexity index is 1660. The number of hydrogen-bond acceptors (Lipinski definition) is 7. The average molecular weight is 508 g/mol. The van der Waals surface area contributed by atoms with Gasteiger partial charge >= 0.3 is 5.97 Å². The van der Waals surface area contributed by atoms with E-state index in [0.29, 0.717) is 35.4 Å². The van der Waals surface area contributed by atoms with Crippen molar-refractivity contribution < 1.29 is 23.1 Å². The Morgan fingerprint density at radius 1 is 1.36 bits per heavy atom. The fraction of sp³-hybridized carbons (Fsp3) is 0.320. The SMILES string of the molecule is Cc1cc(S(C)(=O)=O)c(Cn2cc3ccc(C#N)c(O[C@H]4C[C@@H](C(=O)O)N(C)C4)c3n2)c2cc[nH]c12. The van der Waals surface area contributed by atoms with Crippen LogP contribution < -0.4 is 4.74 Å². The molecule has 1 saturated heterocycles. The summed E-state index contributed by atoms with van der Waals surface area (Å²) < 4.78 is 33.1. The van der Waals surface area contributed by atoms with E-state index in [2.05, 4.69) is 16.2 Å². The van der Waals surface area contributed by atoms with Gasteiger partial charge in [-0.2, -0.15) is 10.4 Å². The van der Waals surface area contributed by atoms with Crippen LogP contribution in [0, 0.1) is 18.3 Å². The van der Waals surface area contributed by atoms with Gasteiger partial charge in [-0.25, -0.2) is 8.42 Å². The number of aliphatic carboxylic acids is 1. The van der Waals surface area contributed by atoms with Crippen LogP contribution in [0.5, 0.6) is 5.75 Å². The van der Waals surface area contributed by atoms with Crippen LogP contribution in [-0.2, 0) is 21.2 Å². The van der Waals surface area contributed by atoms with Crippen LogP contribution in [0.1, 0.15) is 23.1 Å². The molecule has 0 amide bonds. The number of likely N-dealkylation sites (N-methyl/N-ethyl adjacent to an activating group) is 1. The summed E-state index contributed by atoms with van der Waals surface area (Å²) in [7, 11) is -1.78. The van der Waals surface area contributed by atoms with Crippen molar-refractivity contribution in [2.24, 2.45) is 0 Å². The molecule has 2 aromatic heterocycles. The van der Waals surface area contributed by atoms with Gasteiger partial charge in [0, 0.05) is 53.5 Å². The van der Waals surface area contributed by atoms with Gasteiger partial charge in [-0.05, 0) is 43.8 Å². The van der Waals surface area contributed by atoms with Gasteiger partial charge in [-0.3, -0.25) is 14.4 Å². The molecule has 2 N–H and O–H groups in total. The number of carboxylic acids is 1. The standard InChI is InChI=1S/C25H25N5O5S/c1-14-8-21(36(3,33)34)19(18-6-7-27-22(14)18)13-30-11-16-5-4-15(10-26)24(23(16)28-30)35-17-9-20(25(31)32)29(2)12-17/h4-8,11,17,20,27H,9,12-13H2,1-3H3,(H,31,32)/t17-,20-/m0/s1. The Morgan fingerprint density at radius 2 is 2.14 bits per heavy atom. The van der Waals surface area contributed by atoms with Gasteiger partial charge in [0.05, 0.1) is 17.0 Å². The van der Waals surface area contributed by atoms with E-state index in [-0.39, 0.29) is 11.4 Å². The lowest BCUT2D eigenvalue weighted by atomic mass is 10.1. The first kappa shape index (κ1) is 23.8. The molecule has 3 heterocycles. The molecule has 36 heavy (non-hydrogen) atoms. The van der Waals surface area contributed by atoms with Gasteiger partial charge in [0.1, 0.15) is 23.7 Å². The maximum absolute atomic E-state index is 12.6. The summed E-state index contributed by atoms with van der Waals surface area (Å²) in [6, 6.07) is 8.42. The first-order valence-corrected chi connectivity index (χ1v) is 13.3. The number of carboxylic acid groups (broad SMARTS) is 1. The van der Waals surface area contributed by atoms with Crippen molar-refractivity contribution in [3.05, 3.63) is 53.3 Å². The third kappa shape index (κ3) is 4.08. The Balaban J connectivity index is 1.57. The Labute approximate surface area is 207 Å². The maximum atomic E-state index is 12.6. The van der Waals surface area contributed by atoms with Crippen LogP contribution in [0.3, 0.4) is 0 Å². The van der Waals surface area contributed by atoms with E-state index in [1.807, 2.05) is 13.0 Å². The number of benzene rings is 2. The molecule has 1 aliphatic heterocycles. The highest BCUT2D eigenvalue weighted by molar-refractivity contribution is 7.90. The molecule has 186 valence electrons. The van der Waals surface area contributed by atoms with Crippen molar-refractivity contribution in [3.63, 3.8) is 0 Å². The molecule has 4 aromatic rings. The normalized spacial score (nSPS) is 18.6. The van der Waals surface area contributed by atoms with E-state index >= 15 is 0 Å². The average Bonchev–Trinajstić information content (AvgIpc) is 3.53. The van der Waals surface area contributed by atoms with Crippen LogP contribution in [0.25, 0.3) is 21.8 Å². The number of carbonyl (C=O) groups is 1. The minimum Gasteiger partial charge on any atom is -0.485 e. The molecule has 1 fully saturated rings. The van der Waals surface area contributed by atoms with E-state index in [0.717, 1.165) is 21.9 Å². The molecule has 0 bridgehead atoms. The van der Waals surface area contributed by atoms with Crippen molar-refractivity contribution in [1.82, 2.24) is 19.7 Å². The zero-order chi connectivity index (χ0) is 25.8. The lowest BCUT2D eigenvalue weighted by Crippen LogP contribution is -2.32. The lowest BCUT2D eigenvalue weighted by Gasteiger charge is -2.15. The van der Waals surface area contributed by atoms with Gasteiger partial charge in [-0.15, -0.1) is 0 Å². The van der Waals surface area contributed by atoms with E-state index in [4.69, 9.17) is 4.74 Å². The number of aromatic amines is 1. The van der Waals surface area contributed by atoms with E-state index < -0.39 is 28.0 Å². The van der Waals surface area contributed by atoms with Crippen molar-refractivity contribution in [1.29, 1.82) is 5.26 Å². The van der Waals surface area contributed by atoms with Crippen molar-refractivity contribution >= 4 is 37.6 Å². The maximum Gasteiger partial charge on any atom is 0.321 e. The second kappa shape index (κ2) is 8.65. The van der Waals surface area contributed by atoms with Crippen molar-refractivity contribution in [2.45, 2.75) is 36.9 Å². The topological polar surface area (TPSA) is 141 Å². The summed E-state index contributed by atoms with van der Waals surface area (Å²) in [5.41, 5.74) is 3.09. The number of nitrogens with one attached hydrogen (secondary N) is 1. The molecule has 1 aliphatic rings. The monoisotopic (exact) mass is 507 g/mol. The van der Waals surface area contributed by atoms with Gasteiger partial charge in [0.15, 0.2) is 15.6 Å². The zero-order valence-electron chi connectivity index (χ0n) is 20.0. The molecule has 0 unspecified atom stereocenters. The van der Waals surface area contributed by atoms with Crippen LogP contribution in [0.15, 0.2) is 41.6 Å². The molecule has 0 saturated carbocycles. The van der Waals surface area contributed by atoms with Crippen molar-refractivity contribution in [3.8, 4) is 11.8 Å². The van der Waals surface area contributed by atoms with E-state index in [1.54, 1.807) is 47.2 Å². The fourth-order valence-corrected chi connectivity index (χ4v) is 6.00. The highest BCUT2D eigenvalue weighted by Crippen LogP contribution is 2.33. The first-order valence-electron chi connectivity index (χ1n) is 11.4. The predicted molar refractivity (Wildman–Crippen MR) is 133 cm³/mol. The van der Waals surface area contributed by atoms with Crippen LogP contribution in [0.2, 0.25) is 0 Å². The minimum atomic E-state index is -3.50. The summed E-state index contributed by atoms with van der Waals surface area (Å²) in [4.78, 5) is 16.6. The Kier molecular flexibility index (Phi) is 5.73. The molecule has 2 atom stereocenters. The number of aryl methyl sites for hydroxylation is 1. The Morgan fingerprint density at radius 3 is 2.81 bits per heavy atom. The number of likely N-dealkylation sites (tertiary alicyclic amines) is 1. The first-order chi connectivity index (χ1) is 17.1. The highest BCUT2D eigenvalue weighted by atomic mass is 32.2. The van der Waals surface area contributed by atoms with Crippen molar-refractivity contribution in [2.75, 3.05) is 19.8 Å². The number of fused-ring (bicyclic) bond motifs is 2. The second-order valence-electron chi connectivity index (χ2n) is 9.30. The summed E-state index contributed by atoms with van der Waals surface area (Å²) in [5, 5.41) is 25.3. The number of rotatable bonds is 6. The van der Waals surface area contributed by atoms with E-state index in [1.165, 1.54) is 6.26 Å². The molecule has 11 heteroatoms. The molecule has 0 spiro atoms. The summed E-state index contributed by atoms with van der Waals surface area (Å²) in [6.07, 6.45) is 4.64. The predicted octanol–water partition coefficient (Wildman–Crippen LogP) is 2.69. The molecule has 0 aliphatic carbocycles. The zero-order valence-corrected chi connectivity index (χ0v) is 20.8. The molecule has 2 aromatic carbocycles. The van der Waals surface area contributed by atoms with Crippen LogP contribution >= 0.6 is 0 Å². The molecular weight excluding hydrogens is 482 g/mol. The molecular formula is C25H25N5O5S. The number of nitriles is 1. The number of hydrogen-bond donors (Lipinski definition) is 2. The van der Waals surface area contributed by atoms with Gasteiger partial charge in [0.25, 0.3) is 0 Å².